The molecule has 0 spiro atoms. The number of ketones is 1. The lowest BCUT2D eigenvalue weighted by atomic mass is 10.0. The Balaban J connectivity index is 2.04. The first kappa shape index (κ1) is 18.8. The third-order valence-electron chi connectivity index (χ3n) is 3.33. The number of ether oxygens (including phenoxy) is 1. The lowest BCUT2D eigenvalue weighted by Gasteiger charge is -2.16. The average Bonchev–Trinajstić information content (AvgIpc) is 2.56. The molecule has 0 aliphatic heterocycles. The fraction of sp³-hybridized carbons (Fsp3) is 0.222. The molecular formula is C18H15Cl3O3. The van der Waals surface area contributed by atoms with Gasteiger partial charge in [-0.2, -0.15) is 0 Å². The van der Waals surface area contributed by atoms with E-state index >= 15 is 0 Å². The molecule has 0 saturated heterocycles. The predicted molar refractivity (Wildman–Crippen MR) is 96.2 cm³/mol. The van der Waals surface area contributed by atoms with Crippen LogP contribution in [0.1, 0.15) is 22.3 Å². The molecule has 3 nitrogen and oxygen atoms in total. The van der Waals surface area contributed by atoms with Gasteiger partial charge in [0.05, 0.1) is 6.42 Å². The molecular weight excluding hydrogens is 371 g/mol. The fourth-order valence-electron chi connectivity index (χ4n) is 2.11. The molecule has 126 valence electrons. The molecule has 1 atom stereocenters. The Morgan fingerprint density at radius 2 is 1.46 bits per heavy atom. The van der Waals surface area contributed by atoms with Crippen molar-refractivity contribution < 1.29 is 14.3 Å². The number of halogens is 3. The molecule has 0 N–H and O–H groups in total. The third-order valence-corrected chi connectivity index (χ3v) is 4.05. The first-order valence-corrected chi connectivity index (χ1v) is 8.58. The number of alkyl halides is 1. The second kappa shape index (κ2) is 9.07. The number of Topliss-reactive ketones (excluding diaryl/α,β-unsaturated/α-hetero) is 1. The Morgan fingerprint density at radius 3 is 2.00 bits per heavy atom. The number of esters is 1. The van der Waals surface area contributed by atoms with Gasteiger partial charge in [-0.1, -0.05) is 35.3 Å². The number of hydrogen-bond acceptors (Lipinski definition) is 3. The summed E-state index contributed by atoms with van der Waals surface area (Å²) in [5.74, 6) is -0.579. The van der Waals surface area contributed by atoms with Crippen LogP contribution in [0.4, 0.5) is 0 Å². The minimum absolute atomic E-state index is 0.0594. The zero-order valence-corrected chi connectivity index (χ0v) is 14.9. The lowest BCUT2D eigenvalue weighted by molar-refractivity contribution is -0.146. The molecule has 2 aromatic rings. The molecule has 0 bridgehead atoms. The molecule has 0 saturated carbocycles. The predicted octanol–water partition coefficient (Wildman–Crippen LogP) is 4.96. The first-order valence-electron chi connectivity index (χ1n) is 7.29. The minimum Gasteiger partial charge on any atom is -0.454 e. The minimum atomic E-state index is -0.913. The van der Waals surface area contributed by atoms with Gasteiger partial charge in [-0.25, -0.2) is 0 Å². The highest BCUT2D eigenvalue weighted by molar-refractivity contribution is 6.30. The van der Waals surface area contributed by atoms with Crippen molar-refractivity contribution in [3.05, 3.63) is 69.7 Å². The summed E-state index contributed by atoms with van der Waals surface area (Å²) in [5, 5.41) is 1.12. The van der Waals surface area contributed by atoms with E-state index in [1.54, 1.807) is 48.5 Å². The summed E-state index contributed by atoms with van der Waals surface area (Å²) in [6.07, 6.45) is -0.609. The molecule has 0 radical (unpaired) electrons. The molecule has 2 rings (SSSR count). The van der Waals surface area contributed by atoms with Crippen LogP contribution in [0.15, 0.2) is 48.5 Å². The fourth-order valence-corrected chi connectivity index (χ4v) is 2.56. The maximum atomic E-state index is 12.5. The molecule has 0 heterocycles. The van der Waals surface area contributed by atoms with Crippen LogP contribution >= 0.6 is 34.8 Å². The maximum absolute atomic E-state index is 12.5. The summed E-state index contributed by atoms with van der Waals surface area (Å²) in [4.78, 5) is 24.6. The number of benzene rings is 2. The molecule has 0 amide bonds. The summed E-state index contributed by atoms with van der Waals surface area (Å²) in [6.45, 7) is 0. The Bertz CT molecular complexity index is 696. The molecule has 24 heavy (non-hydrogen) atoms. The van der Waals surface area contributed by atoms with Crippen LogP contribution in [0, 0.1) is 0 Å². The second-order valence-corrected chi connectivity index (χ2v) is 6.38. The van der Waals surface area contributed by atoms with Gasteiger partial charge in [0.2, 0.25) is 5.78 Å². The summed E-state index contributed by atoms with van der Waals surface area (Å²) < 4.78 is 5.33. The van der Waals surface area contributed by atoms with Crippen molar-refractivity contribution in [2.45, 2.75) is 18.9 Å². The van der Waals surface area contributed by atoms with E-state index in [0.29, 0.717) is 15.6 Å². The van der Waals surface area contributed by atoms with Crippen molar-refractivity contribution in [1.82, 2.24) is 0 Å². The zero-order chi connectivity index (χ0) is 17.5. The molecule has 1 unspecified atom stereocenters. The van der Waals surface area contributed by atoms with Gasteiger partial charge in [-0.15, -0.1) is 11.6 Å². The summed E-state index contributed by atoms with van der Waals surface area (Å²) in [5.41, 5.74) is 1.18. The highest BCUT2D eigenvalue weighted by Gasteiger charge is 2.23. The number of rotatable bonds is 7. The molecule has 0 aromatic heterocycles. The van der Waals surface area contributed by atoms with E-state index in [0.717, 1.165) is 5.56 Å². The van der Waals surface area contributed by atoms with Crippen molar-refractivity contribution in [3.8, 4) is 0 Å². The summed E-state index contributed by atoms with van der Waals surface area (Å²) in [7, 11) is 0. The number of hydrogen-bond donors (Lipinski definition) is 0. The van der Waals surface area contributed by atoms with Crippen LogP contribution in [-0.2, 0) is 16.0 Å². The third kappa shape index (κ3) is 5.52. The lowest BCUT2D eigenvalue weighted by Crippen LogP contribution is -2.28. The van der Waals surface area contributed by atoms with Gasteiger partial charge in [-0.3, -0.25) is 9.59 Å². The van der Waals surface area contributed by atoms with Crippen molar-refractivity contribution >= 4 is 46.6 Å². The topological polar surface area (TPSA) is 43.4 Å². The Kier molecular flexibility index (Phi) is 7.10. The van der Waals surface area contributed by atoms with Crippen molar-refractivity contribution in [3.63, 3.8) is 0 Å². The van der Waals surface area contributed by atoms with E-state index in [4.69, 9.17) is 39.5 Å². The standard InChI is InChI=1S/C18H15Cl3O3/c19-10-9-16(18(23)13-3-7-15(21)8-4-13)24-17(22)11-12-1-5-14(20)6-2-12/h1-8,16H,9-11H2. The Morgan fingerprint density at radius 1 is 0.917 bits per heavy atom. The summed E-state index contributed by atoms with van der Waals surface area (Å²) in [6, 6.07) is 13.3. The number of carbonyl (C=O) groups excluding carboxylic acids is 2. The van der Waals surface area contributed by atoms with Gasteiger partial charge in [-0.05, 0) is 42.0 Å². The largest absolute Gasteiger partial charge is 0.454 e. The normalized spacial score (nSPS) is 11.8. The second-order valence-electron chi connectivity index (χ2n) is 5.13. The van der Waals surface area contributed by atoms with Crippen LogP contribution < -0.4 is 0 Å². The van der Waals surface area contributed by atoms with Crippen molar-refractivity contribution in [1.29, 1.82) is 0 Å². The summed E-state index contributed by atoms with van der Waals surface area (Å²) >= 11 is 17.4. The van der Waals surface area contributed by atoms with Gasteiger partial charge >= 0.3 is 5.97 Å². The van der Waals surface area contributed by atoms with Crippen molar-refractivity contribution in [2.24, 2.45) is 0 Å². The Hall–Kier alpha value is -1.55. The van der Waals surface area contributed by atoms with Crippen LogP contribution in [0.2, 0.25) is 10.0 Å². The highest BCUT2D eigenvalue weighted by atomic mass is 35.5. The van der Waals surface area contributed by atoms with Gasteiger partial charge in [0.1, 0.15) is 0 Å². The van der Waals surface area contributed by atoms with Gasteiger partial charge in [0, 0.05) is 27.9 Å². The zero-order valence-electron chi connectivity index (χ0n) is 12.7. The SMILES string of the molecule is O=C(Cc1ccc(Cl)cc1)OC(CCCl)C(=O)c1ccc(Cl)cc1. The maximum Gasteiger partial charge on any atom is 0.310 e. The van der Waals surface area contributed by atoms with E-state index in [-0.39, 0.29) is 24.5 Å². The van der Waals surface area contributed by atoms with Crippen molar-refractivity contribution in [2.75, 3.05) is 5.88 Å². The highest BCUT2D eigenvalue weighted by Crippen LogP contribution is 2.16. The number of carbonyl (C=O) groups is 2. The van der Waals surface area contributed by atoms with E-state index in [1.807, 2.05) is 0 Å². The molecule has 2 aromatic carbocycles. The first-order chi connectivity index (χ1) is 11.5. The molecule has 0 aliphatic carbocycles. The van der Waals surface area contributed by atoms with Gasteiger partial charge < -0.3 is 4.74 Å². The quantitative estimate of drug-likeness (QED) is 0.384. The molecule has 0 aliphatic rings. The Labute approximate surface area is 155 Å². The molecule has 6 heteroatoms. The van der Waals surface area contributed by atoms with E-state index in [9.17, 15) is 9.59 Å². The van der Waals surface area contributed by atoms with Gasteiger partial charge in [0.25, 0.3) is 0 Å². The van der Waals surface area contributed by atoms with Crippen LogP contribution in [-0.4, -0.2) is 23.7 Å². The van der Waals surface area contributed by atoms with E-state index in [2.05, 4.69) is 0 Å². The van der Waals surface area contributed by atoms with Crippen LogP contribution in [0.25, 0.3) is 0 Å². The average molecular weight is 386 g/mol. The van der Waals surface area contributed by atoms with E-state index < -0.39 is 12.1 Å². The van der Waals surface area contributed by atoms with Crippen LogP contribution in [0.5, 0.6) is 0 Å². The monoisotopic (exact) mass is 384 g/mol. The van der Waals surface area contributed by atoms with E-state index in [1.165, 1.54) is 0 Å². The smallest absolute Gasteiger partial charge is 0.310 e. The molecule has 0 fully saturated rings. The van der Waals surface area contributed by atoms with Crippen LogP contribution in [0.3, 0.4) is 0 Å². The van der Waals surface area contributed by atoms with Gasteiger partial charge in [0.15, 0.2) is 6.10 Å².